The molecule has 19 heavy (non-hydrogen) atoms. The zero-order valence-electron chi connectivity index (χ0n) is 10.0. The maximum Gasteiger partial charge on any atom is 0.264 e. The molecule has 1 aromatic carbocycles. The van der Waals surface area contributed by atoms with E-state index >= 15 is 0 Å². The van der Waals surface area contributed by atoms with E-state index < -0.39 is 10.0 Å². The van der Waals surface area contributed by atoms with Crippen LogP contribution < -0.4 is 4.72 Å². The Labute approximate surface area is 110 Å². The third kappa shape index (κ3) is 2.86. The highest BCUT2D eigenvalue weighted by Gasteiger charge is 2.18. The van der Waals surface area contributed by atoms with Gasteiger partial charge in [-0.05, 0) is 30.7 Å². The van der Waals surface area contributed by atoms with Crippen LogP contribution in [0.1, 0.15) is 11.1 Å². The lowest BCUT2D eigenvalue weighted by molar-refractivity contribution is 0.600. The maximum absolute atomic E-state index is 12.2. The number of hydrogen-bond acceptors (Lipinski definition) is 5. The highest BCUT2D eigenvalue weighted by molar-refractivity contribution is 7.92. The molecular formula is C12H10N4O2S. The Morgan fingerprint density at radius 3 is 2.58 bits per heavy atom. The molecule has 7 heteroatoms. The fraction of sp³-hybridized carbons (Fsp3) is 0.0833. The van der Waals surface area contributed by atoms with Crippen molar-refractivity contribution in [1.82, 2.24) is 9.97 Å². The van der Waals surface area contributed by atoms with Crippen LogP contribution in [0.5, 0.6) is 0 Å². The number of benzene rings is 1. The van der Waals surface area contributed by atoms with E-state index in [1.807, 2.05) is 6.07 Å². The minimum Gasteiger partial charge on any atom is -0.247 e. The summed E-state index contributed by atoms with van der Waals surface area (Å²) in [4.78, 5) is 7.63. The number of sulfonamides is 1. The first kappa shape index (κ1) is 13.0. The van der Waals surface area contributed by atoms with Gasteiger partial charge in [0.1, 0.15) is 0 Å². The molecule has 0 saturated carbocycles. The average molecular weight is 274 g/mol. The second kappa shape index (κ2) is 5.04. The lowest BCUT2D eigenvalue weighted by Gasteiger charge is -2.09. The maximum atomic E-state index is 12.2. The second-order valence-electron chi connectivity index (χ2n) is 3.77. The molecule has 6 nitrogen and oxygen atoms in total. The van der Waals surface area contributed by atoms with Gasteiger partial charge >= 0.3 is 0 Å². The van der Waals surface area contributed by atoms with E-state index in [-0.39, 0.29) is 16.4 Å². The Balaban J connectivity index is 2.43. The predicted octanol–water partition coefficient (Wildman–Crippen LogP) is 1.46. The Kier molecular flexibility index (Phi) is 3.44. The largest absolute Gasteiger partial charge is 0.264 e. The number of aromatic nitrogens is 2. The molecule has 1 heterocycles. The van der Waals surface area contributed by atoms with Crippen molar-refractivity contribution in [2.75, 3.05) is 4.72 Å². The monoisotopic (exact) mass is 274 g/mol. The molecule has 1 N–H and O–H groups in total. The second-order valence-corrected chi connectivity index (χ2v) is 5.42. The van der Waals surface area contributed by atoms with Gasteiger partial charge in [-0.15, -0.1) is 0 Å². The number of nitriles is 1. The van der Waals surface area contributed by atoms with Crippen LogP contribution in [-0.2, 0) is 10.0 Å². The number of aryl methyl sites for hydroxylation is 1. The highest BCUT2D eigenvalue weighted by Crippen LogP contribution is 2.18. The molecule has 0 fully saturated rings. The zero-order valence-corrected chi connectivity index (χ0v) is 10.8. The van der Waals surface area contributed by atoms with Crippen LogP contribution in [0.2, 0.25) is 0 Å². The van der Waals surface area contributed by atoms with Gasteiger partial charge in [0.15, 0.2) is 0 Å². The average Bonchev–Trinajstić information content (AvgIpc) is 2.39. The van der Waals surface area contributed by atoms with E-state index in [9.17, 15) is 8.42 Å². The summed E-state index contributed by atoms with van der Waals surface area (Å²) in [6.07, 6.45) is 2.87. The van der Waals surface area contributed by atoms with Gasteiger partial charge in [0.2, 0.25) is 5.95 Å². The third-order valence-corrected chi connectivity index (χ3v) is 3.87. The van der Waals surface area contributed by atoms with E-state index in [2.05, 4.69) is 14.7 Å². The smallest absolute Gasteiger partial charge is 0.247 e. The molecule has 0 amide bonds. The summed E-state index contributed by atoms with van der Waals surface area (Å²) in [5, 5.41) is 8.82. The van der Waals surface area contributed by atoms with Gasteiger partial charge in [-0.1, -0.05) is 6.07 Å². The zero-order chi connectivity index (χ0) is 13.9. The molecule has 1 aromatic heterocycles. The summed E-state index contributed by atoms with van der Waals surface area (Å²) in [7, 11) is -3.80. The van der Waals surface area contributed by atoms with E-state index in [0.29, 0.717) is 5.56 Å². The summed E-state index contributed by atoms with van der Waals surface area (Å²) in [6, 6.07) is 7.95. The van der Waals surface area contributed by atoms with Gasteiger partial charge in [-0.2, -0.15) is 5.26 Å². The van der Waals surface area contributed by atoms with E-state index in [1.54, 1.807) is 25.1 Å². The van der Waals surface area contributed by atoms with Crippen LogP contribution in [0.15, 0.2) is 41.6 Å². The molecule has 0 aliphatic carbocycles. The molecule has 96 valence electrons. The van der Waals surface area contributed by atoms with Gasteiger partial charge in [-0.25, -0.2) is 23.1 Å². The minimum atomic E-state index is -3.80. The van der Waals surface area contributed by atoms with E-state index in [0.717, 1.165) is 0 Å². The molecule has 0 aliphatic heterocycles. The number of nitrogens with one attached hydrogen (secondary N) is 1. The summed E-state index contributed by atoms with van der Waals surface area (Å²) in [5.41, 5.74) is 0.822. The van der Waals surface area contributed by atoms with Crippen molar-refractivity contribution in [3.8, 4) is 6.07 Å². The Bertz CT molecular complexity index is 736. The van der Waals surface area contributed by atoms with Crippen LogP contribution in [0.4, 0.5) is 5.95 Å². The first-order valence-electron chi connectivity index (χ1n) is 5.33. The van der Waals surface area contributed by atoms with Crippen molar-refractivity contribution in [2.45, 2.75) is 11.8 Å². The van der Waals surface area contributed by atoms with Gasteiger partial charge in [0, 0.05) is 12.4 Å². The SMILES string of the molecule is Cc1ccc(C#N)cc1S(=O)(=O)Nc1ncccn1. The molecule has 0 bridgehead atoms. The Morgan fingerprint density at radius 2 is 1.95 bits per heavy atom. The van der Waals surface area contributed by atoms with Gasteiger partial charge in [0.05, 0.1) is 16.5 Å². The first-order valence-corrected chi connectivity index (χ1v) is 6.82. The minimum absolute atomic E-state index is 0.00994. The molecule has 0 radical (unpaired) electrons. The lowest BCUT2D eigenvalue weighted by atomic mass is 10.2. The molecule has 0 saturated heterocycles. The number of anilines is 1. The van der Waals surface area contributed by atoms with E-state index in [4.69, 9.17) is 5.26 Å². The van der Waals surface area contributed by atoms with Crippen LogP contribution in [0.3, 0.4) is 0 Å². The third-order valence-electron chi connectivity index (χ3n) is 2.40. The quantitative estimate of drug-likeness (QED) is 0.914. The Hall–Kier alpha value is -2.46. The topological polar surface area (TPSA) is 95.7 Å². The standard InChI is InChI=1S/C12H10N4O2S/c1-9-3-4-10(8-13)7-11(9)19(17,18)16-12-14-5-2-6-15-12/h2-7H,1H3,(H,14,15,16). The highest BCUT2D eigenvalue weighted by atomic mass is 32.2. The number of nitrogens with zero attached hydrogens (tertiary/aromatic N) is 3. The van der Waals surface area contributed by atoms with Crippen molar-refractivity contribution < 1.29 is 8.42 Å². The molecule has 2 aromatic rings. The van der Waals surface area contributed by atoms with Gasteiger partial charge in [0.25, 0.3) is 10.0 Å². The summed E-state index contributed by atoms with van der Waals surface area (Å²) >= 11 is 0. The Morgan fingerprint density at radius 1 is 1.26 bits per heavy atom. The number of rotatable bonds is 3. The summed E-state index contributed by atoms with van der Waals surface area (Å²) in [5.74, 6) is -0.00994. The van der Waals surface area contributed by atoms with E-state index in [1.165, 1.54) is 18.5 Å². The first-order chi connectivity index (χ1) is 9.03. The van der Waals surface area contributed by atoms with Crippen LogP contribution in [-0.4, -0.2) is 18.4 Å². The van der Waals surface area contributed by atoms with Crippen molar-refractivity contribution in [1.29, 1.82) is 5.26 Å². The molecular weight excluding hydrogens is 264 g/mol. The summed E-state index contributed by atoms with van der Waals surface area (Å²) in [6.45, 7) is 1.65. The van der Waals surface area contributed by atoms with Crippen molar-refractivity contribution in [3.05, 3.63) is 47.8 Å². The predicted molar refractivity (Wildman–Crippen MR) is 68.7 cm³/mol. The van der Waals surface area contributed by atoms with Gasteiger partial charge in [-0.3, -0.25) is 0 Å². The fourth-order valence-electron chi connectivity index (χ4n) is 1.49. The van der Waals surface area contributed by atoms with Gasteiger partial charge < -0.3 is 0 Å². The molecule has 0 unspecified atom stereocenters. The lowest BCUT2D eigenvalue weighted by Crippen LogP contribution is -2.16. The molecule has 0 aliphatic rings. The number of hydrogen-bond donors (Lipinski definition) is 1. The van der Waals surface area contributed by atoms with Crippen LogP contribution >= 0.6 is 0 Å². The molecule has 0 spiro atoms. The van der Waals surface area contributed by atoms with Crippen LogP contribution in [0.25, 0.3) is 0 Å². The van der Waals surface area contributed by atoms with Crippen molar-refractivity contribution in [3.63, 3.8) is 0 Å². The van der Waals surface area contributed by atoms with Crippen molar-refractivity contribution >= 4 is 16.0 Å². The normalized spacial score (nSPS) is 10.7. The fourth-order valence-corrected chi connectivity index (χ4v) is 2.72. The molecule has 2 rings (SSSR count). The van der Waals surface area contributed by atoms with Crippen LogP contribution in [0, 0.1) is 18.3 Å². The van der Waals surface area contributed by atoms with Crippen molar-refractivity contribution in [2.24, 2.45) is 0 Å². The summed E-state index contributed by atoms with van der Waals surface area (Å²) < 4.78 is 26.6. The molecule has 0 atom stereocenters.